The number of carbonyl (C=O) groups is 2. The van der Waals surface area contributed by atoms with Crippen LogP contribution in [0.5, 0.6) is 5.75 Å². The summed E-state index contributed by atoms with van der Waals surface area (Å²) in [5.41, 5.74) is 1.09. The smallest absolute Gasteiger partial charge is 0.244 e. The van der Waals surface area contributed by atoms with Crippen molar-refractivity contribution in [1.82, 2.24) is 9.80 Å². The molecule has 1 saturated heterocycles. The first-order valence-electron chi connectivity index (χ1n) is 8.19. The lowest BCUT2D eigenvalue weighted by molar-refractivity contribution is -0.142. The van der Waals surface area contributed by atoms with Crippen molar-refractivity contribution in [2.75, 3.05) is 27.2 Å². The normalized spacial score (nSPS) is 17.2. The molecule has 1 unspecified atom stereocenters. The molecular weight excluding hydrogens is 292 g/mol. The number of carbonyl (C=O) groups excluding carboxylic acids is 2. The van der Waals surface area contributed by atoms with Gasteiger partial charge in [0.2, 0.25) is 11.8 Å². The van der Waals surface area contributed by atoms with Gasteiger partial charge in [-0.2, -0.15) is 0 Å². The highest BCUT2D eigenvalue weighted by atomic mass is 16.5. The molecular formula is C18H26N2O3. The number of likely N-dealkylation sites (tertiary alicyclic amines) is 1. The molecule has 2 rings (SSSR count). The summed E-state index contributed by atoms with van der Waals surface area (Å²) in [6, 6.07) is 7.57. The van der Waals surface area contributed by atoms with E-state index in [0.29, 0.717) is 26.0 Å². The summed E-state index contributed by atoms with van der Waals surface area (Å²) in [6.07, 6.45) is 2.74. The Morgan fingerprint density at radius 3 is 2.74 bits per heavy atom. The maximum Gasteiger partial charge on any atom is 0.244 e. The summed E-state index contributed by atoms with van der Waals surface area (Å²) < 4.78 is 5.72. The highest BCUT2D eigenvalue weighted by Crippen LogP contribution is 2.21. The van der Waals surface area contributed by atoms with Crippen LogP contribution in [-0.2, 0) is 9.59 Å². The lowest BCUT2D eigenvalue weighted by Crippen LogP contribution is -2.45. The van der Waals surface area contributed by atoms with E-state index in [1.807, 2.05) is 31.2 Å². The van der Waals surface area contributed by atoms with Crippen LogP contribution in [-0.4, -0.2) is 54.9 Å². The zero-order valence-electron chi connectivity index (χ0n) is 14.2. The van der Waals surface area contributed by atoms with Crippen LogP contribution >= 0.6 is 0 Å². The molecule has 0 aromatic heterocycles. The molecule has 5 nitrogen and oxygen atoms in total. The minimum Gasteiger partial charge on any atom is -0.493 e. The van der Waals surface area contributed by atoms with Gasteiger partial charge in [0.1, 0.15) is 11.8 Å². The summed E-state index contributed by atoms with van der Waals surface area (Å²) in [4.78, 5) is 27.8. The first-order valence-corrected chi connectivity index (χ1v) is 8.19. The van der Waals surface area contributed by atoms with E-state index in [2.05, 4.69) is 0 Å². The highest BCUT2D eigenvalue weighted by Gasteiger charge is 2.34. The molecule has 1 fully saturated rings. The number of rotatable bonds is 6. The van der Waals surface area contributed by atoms with E-state index in [0.717, 1.165) is 24.2 Å². The van der Waals surface area contributed by atoms with Crippen molar-refractivity contribution in [3.05, 3.63) is 29.8 Å². The standard InChI is InChI=1S/C18H26N2O3/c1-14-8-4-5-10-16(14)23-13-7-11-17(21)20-12-6-9-15(20)18(22)19(2)3/h4-5,8,10,15H,6-7,9,11-13H2,1-3H3. The summed E-state index contributed by atoms with van der Waals surface area (Å²) in [5.74, 6) is 0.935. The zero-order chi connectivity index (χ0) is 16.8. The molecule has 1 aromatic carbocycles. The number of ether oxygens (including phenoxy) is 1. The van der Waals surface area contributed by atoms with Gasteiger partial charge in [-0.15, -0.1) is 0 Å². The molecule has 0 aliphatic carbocycles. The van der Waals surface area contributed by atoms with Crippen molar-refractivity contribution in [1.29, 1.82) is 0 Å². The van der Waals surface area contributed by atoms with E-state index in [9.17, 15) is 9.59 Å². The molecule has 0 bridgehead atoms. The average Bonchev–Trinajstić information content (AvgIpc) is 3.01. The van der Waals surface area contributed by atoms with Gasteiger partial charge in [0.15, 0.2) is 0 Å². The number of hydrogen-bond donors (Lipinski definition) is 0. The summed E-state index contributed by atoms with van der Waals surface area (Å²) in [7, 11) is 3.47. The lowest BCUT2D eigenvalue weighted by atomic mass is 10.2. The largest absolute Gasteiger partial charge is 0.493 e. The third-order valence-corrected chi connectivity index (χ3v) is 4.19. The zero-order valence-corrected chi connectivity index (χ0v) is 14.2. The van der Waals surface area contributed by atoms with E-state index < -0.39 is 0 Å². The Morgan fingerprint density at radius 2 is 2.04 bits per heavy atom. The number of amides is 2. The number of para-hydroxylation sites is 1. The van der Waals surface area contributed by atoms with Crippen LogP contribution in [0, 0.1) is 6.92 Å². The predicted molar refractivity (Wildman–Crippen MR) is 89.3 cm³/mol. The van der Waals surface area contributed by atoms with Crippen molar-refractivity contribution in [2.24, 2.45) is 0 Å². The summed E-state index contributed by atoms with van der Waals surface area (Å²) in [5, 5.41) is 0. The van der Waals surface area contributed by atoms with Crippen LogP contribution in [0.25, 0.3) is 0 Å². The fraction of sp³-hybridized carbons (Fsp3) is 0.556. The van der Waals surface area contributed by atoms with Gasteiger partial charge in [0.25, 0.3) is 0 Å². The number of benzene rings is 1. The molecule has 0 spiro atoms. The molecule has 1 aliphatic heterocycles. The third kappa shape index (κ3) is 4.47. The minimum atomic E-state index is -0.283. The van der Waals surface area contributed by atoms with Gasteiger partial charge in [0, 0.05) is 27.1 Å². The number of nitrogens with zero attached hydrogens (tertiary/aromatic N) is 2. The molecule has 0 radical (unpaired) electrons. The second-order valence-electron chi connectivity index (χ2n) is 6.20. The minimum absolute atomic E-state index is 0.0204. The Bertz CT molecular complexity index is 557. The van der Waals surface area contributed by atoms with Crippen molar-refractivity contribution >= 4 is 11.8 Å². The van der Waals surface area contributed by atoms with Crippen molar-refractivity contribution in [3.63, 3.8) is 0 Å². The van der Waals surface area contributed by atoms with Gasteiger partial charge in [0.05, 0.1) is 6.61 Å². The van der Waals surface area contributed by atoms with Crippen molar-refractivity contribution in [3.8, 4) is 5.75 Å². The Morgan fingerprint density at radius 1 is 1.30 bits per heavy atom. The van der Waals surface area contributed by atoms with Crippen LogP contribution in [0.15, 0.2) is 24.3 Å². The van der Waals surface area contributed by atoms with E-state index in [1.54, 1.807) is 23.9 Å². The van der Waals surface area contributed by atoms with Crippen molar-refractivity contribution < 1.29 is 14.3 Å². The van der Waals surface area contributed by atoms with E-state index >= 15 is 0 Å². The van der Waals surface area contributed by atoms with Gasteiger partial charge in [-0.25, -0.2) is 0 Å². The van der Waals surface area contributed by atoms with Crippen LogP contribution in [0.4, 0.5) is 0 Å². The number of likely N-dealkylation sites (N-methyl/N-ethyl adjacent to an activating group) is 1. The van der Waals surface area contributed by atoms with Gasteiger partial charge < -0.3 is 14.5 Å². The molecule has 1 aromatic rings. The Balaban J connectivity index is 1.78. The monoisotopic (exact) mass is 318 g/mol. The highest BCUT2D eigenvalue weighted by molar-refractivity contribution is 5.88. The Hall–Kier alpha value is -2.04. The van der Waals surface area contributed by atoms with Crippen LogP contribution in [0.1, 0.15) is 31.2 Å². The lowest BCUT2D eigenvalue weighted by Gasteiger charge is -2.26. The third-order valence-electron chi connectivity index (χ3n) is 4.19. The second kappa shape index (κ2) is 7.99. The quantitative estimate of drug-likeness (QED) is 0.756. The molecule has 0 N–H and O–H groups in total. The Labute approximate surface area is 138 Å². The fourth-order valence-electron chi connectivity index (χ4n) is 2.89. The van der Waals surface area contributed by atoms with Gasteiger partial charge in [-0.05, 0) is 37.8 Å². The number of hydrogen-bond acceptors (Lipinski definition) is 3. The maximum absolute atomic E-state index is 12.4. The van der Waals surface area contributed by atoms with E-state index in [1.165, 1.54) is 0 Å². The molecule has 1 aliphatic rings. The van der Waals surface area contributed by atoms with Crippen molar-refractivity contribution in [2.45, 2.75) is 38.6 Å². The SMILES string of the molecule is Cc1ccccc1OCCCC(=O)N1CCCC1C(=O)N(C)C. The molecule has 2 amide bonds. The number of aryl methyl sites for hydroxylation is 1. The first kappa shape index (κ1) is 17.3. The fourth-order valence-corrected chi connectivity index (χ4v) is 2.89. The molecule has 23 heavy (non-hydrogen) atoms. The molecule has 5 heteroatoms. The topological polar surface area (TPSA) is 49.9 Å². The van der Waals surface area contributed by atoms with Gasteiger partial charge >= 0.3 is 0 Å². The predicted octanol–water partition coefficient (Wildman–Crippen LogP) is 2.23. The van der Waals surface area contributed by atoms with Gasteiger partial charge in [-0.1, -0.05) is 18.2 Å². The van der Waals surface area contributed by atoms with E-state index in [-0.39, 0.29) is 17.9 Å². The van der Waals surface area contributed by atoms with E-state index in [4.69, 9.17) is 4.74 Å². The average molecular weight is 318 g/mol. The molecule has 1 heterocycles. The molecule has 0 saturated carbocycles. The molecule has 126 valence electrons. The van der Waals surface area contributed by atoms with Crippen LogP contribution in [0.3, 0.4) is 0 Å². The second-order valence-corrected chi connectivity index (χ2v) is 6.20. The Kier molecular flexibility index (Phi) is 6.02. The maximum atomic E-state index is 12.4. The van der Waals surface area contributed by atoms with Gasteiger partial charge in [-0.3, -0.25) is 9.59 Å². The summed E-state index contributed by atoms with van der Waals surface area (Å²) >= 11 is 0. The van der Waals surface area contributed by atoms with Crippen LogP contribution < -0.4 is 4.74 Å². The molecule has 1 atom stereocenters. The van der Waals surface area contributed by atoms with Crippen LogP contribution in [0.2, 0.25) is 0 Å². The first-order chi connectivity index (χ1) is 11.0. The summed E-state index contributed by atoms with van der Waals surface area (Å²) in [6.45, 7) is 3.20.